The molecule has 1 heterocycles. The van der Waals surface area contributed by atoms with Crippen molar-refractivity contribution in [1.82, 2.24) is 9.21 Å². The number of rotatable bonds is 9. The van der Waals surface area contributed by atoms with Crippen molar-refractivity contribution in [3.05, 3.63) is 83.9 Å². The lowest BCUT2D eigenvalue weighted by atomic mass is 10.0. The van der Waals surface area contributed by atoms with Crippen molar-refractivity contribution in [3.63, 3.8) is 0 Å². The molecule has 0 unspecified atom stereocenters. The van der Waals surface area contributed by atoms with Gasteiger partial charge in [-0.05, 0) is 99.8 Å². The molecule has 49 heavy (non-hydrogen) atoms. The van der Waals surface area contributed by atoms with E-state index in [1.807, 2.05) is 13.8 Å². The van der Waals surface area contributed by atoms with E-state index in [0.717, 1.165) is 40.7 Å². The average molecular weight is 724 g/mol. The SMILES string of the molecule is C[C@@H]1CCCCO[C@H](CN(C)S(=O)(=O)c2ccc(F)cc2)[C@@H](C)CN([C@@H](C)CO)C(=O)c2cc(NS(=O)(=O)c3ccc(F)cc3)ccc2O1. The Hall–Kier alpha value is -3.63. The van der Waals surface area contributed by atoms with Crippen LogP contribution in [-0.2, 0) is 24.8 Å². The van der Waals surface area contributed by atoms with E-state index in [4.69, 9.17) is 9.47 Å². The lowest BCUT2D eigenvalue weighted by Gasteiger charge is -2.35. The van der Waals surface area contributed by atoms with E-state index >= 15 is 0 Å². The Bertz CT molecular complexity index is 1790. The van der Waals surface area contributed by atoms with Gasteiger partial charge in [0.05, 0.1) is 40.2 Å². The number of halogens is 2. The highest BCUT2D eigenvalue weighted by Gasteiger charge is 2.32. The van der Waals surface area contributed by atoms with Crippen molar-refractivity contribution >= 4 is 31.6 Å². The van der Waals surface area contributed by atoms with Crippen LogP contribution in [0.4, 0.5) is 14.5 Å². The monoisotopic (exact) mass is 723 g/mol. The highest BCUT2D eigenvalue weighted by atomic mass is 32.2. The molecular formula is C34H43F2N3O8S2. The van der Waals surface area contributed by atoms with E-state index < -0.39 is 62.3 Å². The van der Waals surface area contributed by atoms with Crippen molar-refractivity contribution in [2.45, 2.75) is 68.1 Å². The summed E-state index contributed by atoms with van der Waals surface area (Å²) in [6, 6.07) is 12.5. The third-order valence-corrected chi connectivity index (χ3v) is 11.6. The molecule has 3 aromatic rings. The molecule has 0 aromatic heterocycles. The van der Waals surface area contributed by atoms with Gasteiger partial charge < -0.3 is 19.5 Å². The summed E-state index contributed by atoms with van der Waals surface area (Å²) in [5, 5.41) is 10.2. The highest BCUT2D eigenvalue weighted by molar-refractivity contribution is 7.92. The van der Waals surface area contributed by atoms with E-state index in [0.29, 0.717) is 25.9 Å². The summed E-state index contributed by atoms with van der Waals surface area (Å²) in [4.78, 5) is 15.5. The number of fused-ring (bicyclic) bond motifs is 1. The molecule has 0 bridgehead atoms. The minimum atomic E-state index is -4.14. The van der Waals surface area contributed by atoms with E-state index in [1.165, 1.54) is 42.3 Å². The Labute approximate surface area is 286 Å². The molecule has 0 saturated carbocycles. The second-order valence-electron chi connectivity index (χ2n) is 12.3. The number of nitrogens with zero attached hydrogens (tertiary/aromatic N) is 2. The van der Waals surface area contributed by atoms with E-state index in [-0.39, 0.29) is 46.0 Å². The van der Waals surface area contributed by atoms with Crippen molar-refractivity contribution in [3.8, 4) is 5.75 Å². The van der Waals surface area contributed by atoms with Gasteiger partial charge in [-0.25, -0.2) is 25.6 Å². The molecule has 4 atom stereocenters. The zero-order valence-corrected chi connectivity index (χ0v) is 29.5. The third-order valence-electron chi connectivity index (χ3n) is 8.39. The largest absolute Gasteiger partial charge is 0.490 e. The topological polar surface area (TPSA) is 143 Å². The van der Waals surface area contributed by atoms with Crippen LogP contribution in [0.1, 0.15) is 50.4 Å². The number of aliphatic hydroxyl groups is 1. The number of sulfonamides is 2. The Kier molecular flexibility index (Phi) is 12.8. The first-order valence-electron chi connectivity index (χ1n) is 16.0. The van der Waals surface area contributed by atoms with Crippen LogP contribution in [0, 0.1) is 17.6 Å². The molecule has 1 aliphatic rings. The lowest BCUT2D eigenvalue weighted by molar-refractivity contribution is -0.00834. The summed E-state index contributed by atoms with van der Waals surface area (Å²) in [5.74, 6) is -1.94. The van der Waals surface area contributed by atoms with Crippen LogP contribution < -0.4 is 9.46 Å². The molecule has 1 aliphatic heterocycles. The molecule has 0 saturated heterocycles. The van der Waals surface area contributed by atoms with Crippen molar-refractivity contribution in [2.24, 2.45) is 5.92 Å². The van der Waals surface area contributed by atoms with Gasteiger partial charge in [0.2, 0.25) is 10.0 Å². The number of carbonyl (C=O) groups excluding carboxylic acids is 1. The second-order valence-corrected chi connectivity index (χ2v) is 16.0. The number of anilines is 1. The van der Waals surface area contributed by atoms with Gasteiger partial charge in [0, 0.05) is 38.3 Å². The highest BCUT2D eigenvalue weighted by Crippen LogP contribution is 2.30. The first-order valence-corrected chi connectivity index (χ1v) is 18.9. The fourth-order valence-electron chi connectivity index (χ4n) is 5.41. The number of carbonyl (C=O) groups is 1. The summed E-state index contributed by atoms with van der Waals surface area (Å²) >= 11 is 0. The van der Waals surface area contributed by atoms with E-state index in [2.05, 4.69) is 4.72 Å². The summed E-state index contributed by atoms with van der Waals surface area (Å²) in [6.07, 6.45) is 0.954. The Balaban J connectivity index is 1.67. The third kappa shape index (κ3) is 9.75. The van der Waals surface area contributed by atoms with Crippen LogP contribution in [0.2, 0.25) is 0 Å². The van der Waals surface area contributed by atoms with Gasteiger partial charge in [-0.15, -0.1) is 0 Å². The molecule has 0 spiro atoms. The molecule has 0 aliphatic carbocycles. The number of amides is 1. The molecule has 0 fully saturated rings. The fourth-order valence-corrected chi connectivity index (χ4v) is 7.65. The van der Waals surface area contributed by atoms with Crippen molar-refractivity contribution in [1.29, 1.82) is 0 Å². The van der Waals surface area contributed by atoms with Crippen LogP contribution in [0.25, 0.3) is 0 Å². The van der Waals surface area contributed by atoms with Gasteiger partial charge in [-0.2, -0.15) is 4.31 Å². The summed E-state index contributed by atoms with van der Waals surface area (Å²) in [6.45, 7) is 5.21. The van der Waals surface area contributed by atoms with Gasteiger partial charge in [0.25, 0.3) is 15.9 Å². The number of ether oxygens (including phenoxy) is 2. The van der Waals surface area contributed by atoms with Gasteiger partial charge in [-0.3, -0.25) is 9.52 Å². The second kappa shape index (κ2) is 16.4. The molecule has 268 valence electrons. The fraction of sp³-hybridized carbons (Fsp3) is 0.441. The number of nitrogens with one attached hydrogen (secondary N) is 1. The van der Waals surface area contributed by atoms with Crippen LogP contribution >= 0.6 is 0 Å². The predicted octanol–water partition coefficient (Wildman–Crippen LogP) is 4.88. The number of benzene rings is 3. The quantitative estimate of drug-likeness (QED) is 0.318. The molecule has 1 amide bonds. The zero-order chi connectivity index (χ0) is 35.9. The maximum atomic E-state index is 14.3. The van der Waals surface area contributed by atoms with Gasteiger partial charge in [-0.1, -0.05) is 6.92 Å². The van der Waals surface area contributed by atoms with Crippen LogP contribution in [0.3, 0.4) is 0 Å². The smallest absolute Gasteiger partial charge is 0.261 e. The Morgan fingerprint density at radius 1 is 0.959 bits per heavy atom. The zero-order valence-electron chi connectivity index (χ0n) is 27.9. The Morgan fingerprint density at radius 2 is 1.57 bits per heavy atom. The maximum absolute atomic E-state index is 14.3. The van der Waals surface area contributed by atoms with Crippen molar-refractivity contribution < 1.29 is 45.0 Å². The average Bonchev–Trinajstić information content (AvgIpc) is 3.06. The van der Waals surface area contributed by atoms with Gasteiger partial charge in [0.15, 0.2) is 0 Å². The lowest BCUT2D eigenvalue weighted by Crippen LogP contribution is -2.48. The first-order chi connectivity index (χ1) is 23.1. The standard InChI is InChI=1S/C34H43F2N3O8S2/c1-23-20-39(24(2)22-40)34(41)31-19-28(37-48(42,43)29-13-8-26(35)9-14-29)12-17-32(31)47-25(3)7-5-6-18-46-33(23)21-38(4)49(44,45)30-15-10-27(36)11-16-30/h8-17,19,23-25,33,37,40H,5-7,18,20-22H2,1-4H3/t23-,24-,25+,33+/m0/s1. The number of aliphatic hydroxyl groups excluding tert-OH is 1. The molecular weight excluding hydrogens is 681 g/mol. The maximum Gasteiger partial charge on any atom is 0.261 e. The molecule has 15 heteroatoms. The summed E-state index contributed by atoms with van der Waals surface area (Å²) in [5.41, 5.74) is 0.108. The van der Waals surface area contributed by atoms with Crippen LogP contribution in [0.15, 0.2) is 76.5 Å². The molecule has 4 rings (SSSR count). The van der Waals surface area contributed by atoms with Crippen LogP contribution in [0.5, 0.6) is 5.75 Å². The number of likely N-dealkylation sites (N-methyl/N-ethyl adjacent to an activating group) is 1. The molecule has 0 radical (unpaired) electrons. The molecule has 11 nitrogen and oxygen atoms in total. The summed E-state index contributed by atoms with van der Waals surface area (Å²) in [7, 11) is -6.73. The Morgan fingerprint density at radius 3 is 2.18 bits per heavy atom. The predicted molar refractivity (Wildman–Crippen MR) is 180 cm³/mol. The van der Waals surface area contributed by atoms with E-state index in [9.17, 15) is 35.5 Å². The van der Waals surface area contributed by atoms with Gasteiger partial charge >= 0.3 is 0 Å². The minimum Gasteiger partial charge on any atom is -0.490 e. The minimum absolute atomic E-state index is 0.0379. The normalized spacial score (nSPS) is 20.6. The number of hydrogen-bond donors (Lipinski definition) is 2. The first kappa shape index (κ1) is 38.2. The van der Waals surface area contributed by atoms with Gasteiger partial charge in [0.1, 0.15) is 17.4 Å². The molecule has 2 N–H and O–H groups in total. The van der Waals surface area contributed by atoms with E-state index in [1.54, 1.807) is 6.92 Å². The van der Waals surface area contributed by atoms with Crippen LogP contribution in [-0.4, -0.2) is 88.7 Å². The number of hydrogen-bond acceptors (Lipinski definition) is 8. The van der Waals surface area contributed by atoms with Crippen molar-refractivity contribution in [2.75, 3.05) is 38.1 Å². The summed E-state index contributed by atoms with van der Waals surface area (Å²) < 4.78 is 95.8. The molecule has 3 aromatic carbocycles.